The molecule has 20 heavy (non-hydrogen) atoms. The van der Waals surface area contributed by atoms with E-state index < -0.39 is 22.3 Å². The van der Waals surface area contributed by atoms with Crippen molar-refractivity contribution in [3.8, 4) is 0 Å². The lowest BCUT2D eigenvalue weighted by atomic mass is 9.82. The lowest BCUT2D eigenvalue weighted by Gasteiger charge is -2.22. The molecule has 108 valence electrons. The summed E-state index contributed by atoms with van der Waals surface area (Å²) in [7, 11) is 2.40. The Morgan fingerprint density at radius 2 is 1.80 bits per heavy atom. The molecule has 0 saturated carbocycles. The minimum Gasteiger partial charge on any atom is -0.468 e. The lowest BCUT2D eigenvalue weighted by molar-refractivity contribution is -0.386. The summed E-state index contributed by atoms with van der Waals surface area (Å²) in [6, 6.07) is 3.73. The molecule has 0 aliphatic rings. The van der Waals surface area contributed by atoms with Crippen molar-refractivity contribution in [2.75, 3.05) is 14.2 Å². The van der Waals surface area contributed by atoms with Gasteiger partial charge in [-0.1, -0.05) is 0 Å². The Labute approximate surface area is 115 Å². The van der Waals surface area contributed by atoms with Gasteiger partial charge in [0.05, 0.1) is 30.1 Å². The molecule has 1 rings (SSSR count). The van der Waals surface area contributed by atoms with Gasteiger partial charge < -0.3 is 9.47 Å². The molecule has 0 radical (unpaired) electrons. The number of hydrogen-bond donors (Lipinski definition) is 0. The van der Waals surface area contributed by atoms with E-state index >= 15 is 0 Å². The second kappa shape index (κ2) is 5.68. The van der Waals surface area contributed by atoms with Crippen LogP contribution in [0.3, 0.4) is 0 Å². The molecule has 0 heterocycles. The molecule has 0 amide bonds. The molecular weight excluding hydrogens is 266 g/mol. The first-order chi connectivity index (χ1) is 9.25. The van der Waals surface area contributed by atoms with Crippen molar-refractivity contribution < 1.29 is 24.0 Å². The third-order valence-electron chi connectivity index (χ3n) is 2.98. The van der Waals surface area contributed by atoms with E-state index in [1.54, 1.807) is 0 Å². The minimum atomic E-state index is -1.26. The van der Waals surface area contributed by atoms with Crippen LogP contribution in [0.5, 0.6) is 0 Å². The number of nitrogens with zero attached hydrogens (tertiary/aromatic N) is 1. The molecule has 0 aliphatic heterocycles. The average Bonchev–Trinajstić information content (AvgIpc) is 2.44. The highest BCUT2D eigenvalue weighted by atomic mass is 16.6. The summed E-state index contributed by atoms with van der Waals surface area (Å²) in [6.45, 7) is 2.98. The Bertz CT molecular complexity index is 564. The van der Waals surface area contributed by atoms with Crippen molar-refractivity contribution in [3.05, 3.63) is 39.4 Å². The van der Waals surface area contributed by atoms with Crippen LogP contribution in [0.2, 0.25) is 0 Å². The van der Waals surface area contributed by atoms with Crippen LogP contribution >= 0.6 is 0 Å². The van der Waals surface area contributed by atoms with Crippen molar-refractivity contribution in [1.29, 1.82) is 0 Å². The lowest BCUT2D eigenvalue weighted by Crippen LogP contribution is -2.31. The molecule has 7 heteroatoms. The molecular formula is C13H15NO6. The monoisotopic (exact) mass is 281 g/mol. The maximum absolute atomic E-state index is 11.8. The fraction of sp³-hybridized carbons (Fsp3) is 0.385. The highest BCUT2D eigenvalue weighted by Gasteiger charge is 2.37. The van der Waals surface area contributed by atoms with E-state index in [4.69, 9.17) is 0 Å². The van der Waals surface area contributed by atoms with Crippen LogP contribution in [-0.4, -0.2) is 31.1 Å². The Morgan fingerprint density at radius 3 is 2.25 bits per heavy atom. The number of nitro benzene ring substituents is 1. The Balaban J connectivity index is 3.51. The molecule has 0 saturated heterocycles. The number of methoxy groups -OCH3 is 2. The molecule has 7 nitrogen and oxygen atoms in total. The van der Waals surface area contributed by atoms with Gasteiger partial charge in [-0.25, -0.2) is 4.79 Å². The van der Waals surface area contributed by atoms with Crippen molar-refractivity contribution in [2.45, 2.75) is 19.3 Å². The largest absolute Gasteiger partial charge is 0.468 e. The van der Waals surface area contributed by atoms with Crippen molar-refractivity contribution in [2.24, 2.45) is 0 Å². The van der Waals surface area contributed by atoms with E-state index in [9.17, 15) is 19.7 Å². The number of rotatable bonds is 4. The minimum absolute atomic E-state index is 0.0947. The van der Waals surface area contributed by atoms with E-state index in [2.05, 4.69) is 9.47 Å². The highest BCUT2D eigenvalue weighted by molar-refractivity contribution is 5.91. The molecule has 1 aromatic carbocycles. The van der Waals surface area contributed by atoms with Gasteiger partial charge in [0, 0.05) is 11.6 Å². The molecule has 1 aromatic rings. The molecule has 0 bridgehead atoms. The summed E-state index contributed by atoms with van der Waals surface area (Å²) in [6.07, 6.45) is 0. The second-order valence-electron chi connectivity index (χ2n) is 4.60. The first-order valence-electron chi connectivity index (χ1n) is 5.71. The molecule has 0 aliphatic carbocycles. The summed E-state index contributed by atoms with van der Waals surface area (Å²) < 4.78 is 9.22. The van der Waals surface area contributed by atoms with Crippen molar-refractivity contribution >= 4 is 17.6 Å². The molecule has 0 fully saturated rings. The van der Waals surface area contributed by atoms with Crippen LogP contribution in [-0.2, 0) is 19.7 Å². The number of hydrogen-bond acceptors (Lipinski definition) is 6. The van der Waals surface area contributed by atoms with Gasteiger partial charge in [-0.2, -0.15) is 0 Å². The average molecular weight is 281 g/mol. The van der Waals surface area contributed by atoms with Crippen LogP contribution in [0.1, 0.15) is 29.8 Å². The van der Waals surface area contributed by atoms with E-state index in [0.29, 0.717) is 0 Å². The van der Waals surface area contributed by atoms with Crippen molar-refractivity contribution in [1.82, 2.24) is 0 Å². The second-order valence-corrected chi connectivity index (χ2v) is 4.60. The summed E-state index contributed by atoms with van der Waals surface area (Å²) in [5.41, 5.74) is -1.29. The summed E-state index contributed by atoms with van der Waals surface area (Å²) >= 11 is 0. The van der Waals surface area contributed by atoms with Crippen LogP contribution < -0.4 is 0 Å². The van der Waals surface area contributed by atoms with Crippen LogP contribution in [0.15, 0.2) is 18.2 Å². The number of esters is 2. The number of nitro groups is 1. The van der Waals surface area contributed by atoms with Gasteiger partial charge in [-0.15, -0.1) is 0 Å². The smallest absolute Gasteiger partial charge is 0.337 e. The Kier molecular flexibility index (Phi) is 4.44. The maximum Gasteiger partial charge on any atom is 0.337 e. The molecule has 0 unspecified atom stereocenters. The van der Waals surface area contributed by atoms with Gasteiger partial charge in [0.15, 0.2) is 0 Å². The fourth-order valence-corrected chi connectivity index (χ4v) is 1.81. The van der Waals surface area contributed by atoms with Crippen LogP contribution in [0.4, 0.5) is 5.69 Å². The SMILES string of the molecule is COC(=O)c1ccc([N+](=O)[O-])c(C(C)(C)C(=O)OC)c1. The van der Waals surface area contributed by atoms with Crippen LogP contribution in [0.25, 0.3) is 0 Å². The third-order valence-corrected chi connectivity index (χ3v) is 2.98. The first kappa shape index (κ1) is 15.6. The van der Waals surface area contributed by atoms with Gasteiger partial charge in [0.1, 0.15) is 0 Å². The normalized spacial score (nSPS) is 10.8. The Morgan fingerprint density at radius 1 is 1.20 bits per heavy atom. The van der Waals surface area contributed by atoms with E-state index in [1.807, 2.05) is 0 Å². The zero-order valence-electron chi connectivity index (χ0n) is 11.6. The van der Waals surface area contributed by atoms with E-state index in [1.165, 1.54) is 46.3 Å². The molecule has 0 N–H and O–H groups in total. The van der Waals surface area contributed by atoms with Gasteiger partial charge in [0.25, 0.3) is 5.69 Å². The molecule has 0 aromatic heterocycles. The Hall–Kier alpha value is -2.44. The third kappa shape index (κ3) is 2.76. The summed E-state index contributed by atoms with van der Waals surface area (Å²) in [5.74, 6) is -1.27. The van der Waals surface area contributed by atoms with Gasteiger partial charge in [-0.3, -0.25) is 14.9 Å². The molecule has 0 spiro atoms. The van der Waals surface area contributed by atoms with Gasteiger partial charge in [0.2, 0.25) is 0 Å². The number of carbonyl (C=O) groups excluding carboxylic acids is 2. The zero-order valence-corrected chi connectivity index (χ0v) is 11.6. The highest BCUT2D eigenvalue weighted by Crippen LogP contribution is 2.33. The number of carbonyl (C=O) groups is 2. The predicted octanol–water partition coefficient (Wildman–Crippen LogP) is 1.83. The van der Waals surface area contributed by atoms with Crippen LogP contribution in [0, 0.1) is 10.1 Å². The predicted molar refractivity (Wildman–Crippen MR) is 69.5 cm³/mol. The number of ether oxygens (including phenoxy) is 2. The van der Waals surface area contributed by atoms with E-state index in [0.717, 1.165) is 0 Å². The topological polar surface area (TPSA) is 95.7 Å². The first-order valence-corrected chi connectivity index (χ1v) is 5.71. The van der Waals surface area contributed by atoms with Gasteiger partial charge in [-0.05, 0) is 26.0 Å². The molecule has 0 atom stereocenters. The quantitative estimate of drug-likeness (QED) is 0.474. The van der Waals surface area contributed by atoms with Crippen molar-refractivity contribution in [3.63, 3.8) is 0 Å². The standard InChI is InChI=1S/C13H15NO6/c1-13(2,12(16)20-4)9-7-8(11(15)19-3)5-6-10(9)14(17)18/h5-7H,1-4H3. The van der Waals surface area contributed by atoms with E-state index in [-0.39, 0.29) is 16.8 Å². The number of benzene rings is 1. The fourth-order valence-electron chi connectivity index (χ4n) is 1.81. The summed E-state index contributed by atoms with van der Waals surface area (Å²) in [5, 5.41) is 11.1. The zero-order chi connectivity index (χ0) is 15.5. The van der Waals surface area contributed by atoms with Gasteiger partial charge >= 0.3 is 11.9 Å². The summed E-state index contributed by atoms with van der Waals surface area (Å²) in [4.78, 5) is 33.8. The maximum atomic E-state index is 11.8.